The van der Waals surface area contributed by atoms with E-state index >= 15 is 0 Å². The molecule has 0 unspecified atom stereocenters. The summed E-state index contributed by atoms with van der Waals surface area (Å²) in [5.41, 5.74) is 1.78. The normalized spacial score (nSPS) is 15.3. The molecule has 5 nitrogen and oxygen atoms in total. The van der Waals surface area contributed by atoms with Gasteiger partial charge >= 0.3 is 0 Å². The predicted octanol–water partition coefficient (Wildman–Crippen LogP) is 2.76. The van der Waals surface area contributed by atoms with Crippen molar-refractivity contribution in [3.63, 3.8) is 0 Å². The highest BCUT2D eigenvalue weighted by molar-refractivity contribution is 5.94. The first-order valence-electron chi connectivity index (χ1n) is 9.70. The molecule has 2 rings (SSSR count). The van der Waals surface area contributed by atoms with Gasteiger partial charge in [0.1, 0.15) is 0 Å². The molecular weight excluding hydrogens is 326 g/mol. The number of benzene rings is 1. The van der Waals surface area contributed by atoms with E-state index in [0.717, 1.165) is 49.5 Å². The summed E-state index contributed by atoms with van der Waals surface area (Å²) >= 11 is 0. The molecule has 0 aliphatic carbocycles. The monoisotopic (exact) mass is 359 g/mol. The minimum absolute atomic E-state index is 0.00288. The fourth-order valence-electron chi connectivity index (χ4n) is 3.50. The van der Waals surface area contributed by atoms with Gasteiger partial charge in [-0.3, -0.25) is 9.59 Å². The van der Waals surface area contributed by atoms with Crippen LogP contribution in [0.2, 0.25) is 0 Å². The molecule has 1 heterocycles. The van der Waals surface area contributed by atoms with Crippen molar-refractivity contribution in [3.8, 4) is 0 Å². The Kier molecular flexibility index (Phi) is 7.64. The number of likely N-dealkylation sites (tertiary alicyclic amines) is 1. The standard InChI is InChI=1S/C21H33N3O2/c1-16(2)20(25)23(4)15-18-5-7-19(8-6-18)21(26)24-13-10-17(11-14-24)9-12-22-3/h5-8,16-17,22H,9-15H2,1-4H3. The highest BCUT2D eigenvalue weighted by atomic mass is 16.2. The molecule has 26 heavy (non-hydrogen) atoms. The molecule has 144 valence electrons. The smallest absolute Gasteiger partial charge is 0.253 e. The Morgan fingerprint density at radius 3 is 2.35 bits per heavy atom. The van der Waals surface area contributed by atoms with E-state index in [4.69, 9.17) is 0 Å². The summed E-state index contributed by atoms with van der Waals surface area (Å²) in [5.74, 6) is 0.973. The van der Waals surface area contributed by atoms with Crippen molar-refractivity contribution in [2.45, 2.75) is 39.7 Å². The van der Waals surface area contributed by atoms with Crippen LogP contribution in [0.4, 0.5) is 0 Å². The fourth-order valence-corrected chi connectivity index (χ4v) is 3.50. The van der Waals surface area contributed by atoms with Crippen LogP contribution < -0.4 is 5.32 Å². The third kappa shape index (κ3) is 5.56. The Hall–Kier alpha value is -1.88. The van der Waals surface area contributed by atoms with Crippen LogP contribution in [0, 0.1) is 11.8 Å². The first-order valence-corrected chi connectivity index (χ1v) is 9.70. The van der Waals surface area contributed by atoms with Gasteiger partial charge in [-0.05, 0) is 56.5 Å². The van der Waals surface area contributed by atoms with Crippen LogP contribution >= 0.6 is 0 Å². The van der Waals surface area contributed by atoms with Crippen LogP contribution in [-0.4, -0.2) is 55.3 Å². The molecule has 1 aromatic carbocycles. The molecule has 1 saturated heterocycles. The van der Waals surface area contributed by atoms with Crippen LogP contribution in [0.3, 0.4) is 0 Å². The Bertz CT molecular complexity index is 590. The molecule has 1 aliphatic rings. The van der Waals surface area contributed by atoms with Gasteiger partial charge < -0.3 is 15.1 Å². The molecule has 1 N–H and O–H groups in total. The van der Waals surface area contributed by atoms with Crippen LogP contribution in [0.15, 0.2) is 24.3 Å². The summed E-state index contributed by atoms with van der Waals surface area (Å²) in [7, 11) is 3.80. The van der Waals surface area contributed by atoms with E-state index in [1.165, 1.54) is 6.42 Å². The second-order valence-electron chi connectivity index (χ2n) is 7.67. The second-order valence-corrected chi connectivity index (χ2v) is 7.67. The minimum atomic E-state index is -0.00288. The summed E-state index contributed by atoms with van der Waals surface area (Å²) in [5, 5.41) is 3.20. The lowest BCUT2D eigenvalue weighted by molar-refractivity contribution is -0.133. The van der Waals surface area contributed by atoms with Crippen LogP contribution in [0.5, 0.6) is 0 Å². The maximum atomic E-state index is 12.7. The number of rotatable bonds is 7. The number of piperidine rings is 1. The molecule has 2 amide bonds. The molecule has 0 radical (unpaired) electrons. The number of nitrogens with one attached hydrogen (secondary N) is 1. The number of nitrogens with zero attached hydrogens (tertiary/aromatic N) is 2. The minimum Gasteiger partial charge on any atom is -0.341 e. The highest BCUT2D eigenvalue weighted by Gasteiger charge is 2.23. The first kappa shape index (κ1) is 20.4. The summed E-state index contributed by atoms with van der Waals surface area (Å²) in [6, 6.07) is 7.69. The van der Waals surface area contributed by atoms with E-state index in [9.17, 15) is 9.59 Å². The predicted molar refractivity (Wildman–Crippen MR) is 105 cm³/mol. The quantitative estimate of drug-likeness (QED) is 0.814. The van der Waals surface area contributed by atoms with Crippen LogP contribution in [-0.2, 0) is 11.3 Å². The molecule has 0 spiro atoms. The van der Waals surface area contributed by atoms with Gasteiger partial charge in [0.2, 0.25) is 5.91 Å². The third-order valence-electron chi connectivity index (χ3n) is 5.20. The zero-order chi connectivity index (χ0) is 19.1. The molecule has 1 aliphatic heterocycles. The van der Waals surface area contributed by atoms with Crippen molar-refractivity contribution in [1.29, 1.82) is 0 Å². The zero-order valence-electron chi connectivity index (χ0n) is 16.6. The lowest BCUT2D eigenvalue weighted by Gasteiger charge is -2.32. The average Bonchev–Trinajstić information content (AvgIpc) is 2.66. The van der Waals surface area contributed by atoms with E-state index in [2.05, 4.69) is 5.32 Å². The zero-order valence-corrected chi connectivity index (χ0v) is 16.6. The first-order chi connectivity index (χ1) is 12.4. The van der Waals surface area contributed by atoms with E-state index < -0.39 is 0 Å². The van der Waals surface area contributed by atoms with Gasteiger partial charge in [-0.25, -0.2) is 0 Å². The fraction of sp³-hybridized carbons (Fsp3) is 0.619. The number of carbonyl (C=O) groups is 2. The molecule has 0 atom stereocenters. The average molecular weight is 360 g/mol. The Balaban J connectivity index is 1.88. The van der Waals surface area contributed by atoms with E-state index in [-0.39, 0.29) is 17.7 Å². The van der Waals surface area contributed by atoms with Crippen molar-refractivity contribution < 1.29 is 9.59 Å². The van der Waals surface area contributed by atoms with E-state index in [0.29, 0.717) is 6.54 Å². The van der Waals surface area contributed by atoms with Gasteiger partial charge in [0.05, 0.1) is 0 Å². The molecule has 1 aromatic rings. The third-order valence-corrected chi connectivity index (χ3v) is 5.20. The number of amides is 2. The van der Waals surface area contributed by atoms with Crippen LogP contribution in [0.1, 0.15) is 49.0 Å². The molecular formula is C21H33N3O2. The number of carbonyl (C=O) groups excluding carboxylic acids is 2. The van der Waals surface area contributed by atoms with Gasteiger partial charge in [-0.1, -0.05) is 26.0 Å². The SMILES string of the molecule is CNCCC1CCN(C(=O)c2ccc(CN(C)C(=O)C(C)C)cc2)CC1. The molecule has 1 fully saturated rings. The molecule has 0 bridgehead atoms. The van der Waals surface area contributed by atoms with Gasteiger partial charge in [-0.15, -0.1) is 0 Å². The topological polar surface area (TPSA) is 52.7 Å². The number of hydrogen-bond donors (Lipinski definition) is 1. The van der Waals surface area contributed by atoms with Crippen molar-refractivity contribution in [3.05, 3.63) is 35.4 Å². The largest absolute Gasteiger partial charge is 0.341 e. The van der Waals surface area contributed by atoms with E-state index in [1.54, 1.807) is 4.90 Å². The van der Waals surface area contributed by atoms with Crippen molar-refractivity contribution >= 4 is 11.8 Å². The molecule has 0 saturated carbocycles. The van der Waals surface area contributed by atoms with Crippen LogP contribution in [0.25, 0.3) is 0 Å². The van der Waals surface area contributed by atoms with Gasteiger partial charge in [0.15, 0.2) is 0 Å². The van der Waals surface area contributed by atoms with E-state index in [1.807, 2.05) is 57.1 Å². The lowest BCUT2D eigenvalue weighted by atomic mass is 9.93. The highest BCUT2D eigenvalue weighted by Crippen LogP contribution is 2.21. The summed E-state index contributed by atoms with van der Waals surface area (Å²) in [6.45, 7) is 7.13. The number of hydrogen-bond acceptors (Lipinski definition) is 3. The van der Waals surface area contributed by atoms with Crippen molar-refractivity contribution in [2.75, 3.05) is 33.7 Å². The summed E-state index contributed by atoms with van der Waals surface area (Å²) in [6.07, 6.45) is 3.37. The Labute approximate surface area is 157 Å². The summed E-state index contributed by atoms with van der Waals surface area (Å²) in [4.78, 5) is 28.4. The Morgan fingerprint density at radius 2 is 1.81 bits per heavy atom. The maximum absolute atomic E-state index is 12.7. The maximum Gasteiger partial charge on any atom is 0.253 e. The van der Waals surface area contributed by atoms with Gasteiger partial charge in [0.25, 0.3) is 5.91 Å². The molecule has 5 heteroatoms. The molecule has 0 aromatic heterocycles. The van der Waals surface area contributed by atoms with Gasteiger partial charge in [-0.2, -0.15) is 0 Å². The lowest BCUT2D eigenvalue weighted by Crippen LogP contribution is -2.39. The summed E-state index contributed by atoms with van der Waals surface area (Å²) < 4.78 is 0. The van der Waals surface area contributed by atoms with Gasteiger partial charge in [0, 0.05) is 38.2 Å². The second kappa shape index (κ2) is 9.72. The van der Waals surface area contributed by atoms with Crippen molar-refractivity contribution in [1.82, 2.24) is 15.1 Å². The van der Waals surface area contributed by atoms with Crippen molar-refractivity contribution in [2.24, 2.45) is 11.8 Å². The Morgan fingerprint density at radius 1 is 1.19 bits per heavy atom.